The molecule has 5 heteroatoms. The third-order valence-electron chi connectivity index (χ3n) is 5.10. The highest BCUT2D eigenvalue weighted by atomic mass is 35.5. The summed E-state index contributed by atoms with van der Waals surface area (Å²) in [6.07, 6.45) is 4.81. The molecule has 0 unspecified atom stereocenters. The van der Waals surface area contributed by atoms with Crippen LogP contribution in [0.5, 0.6) is 0 Å². The van der Waals surface area contributed by atoms with Gasteiger partial charge in [-0.25, -0.2) is 4.98 Å². The number of rotatable bonds is 3. The zero-order valence-electron chi connectivity index (χ0n) is 14.9. The van der Waals surface area contributed by atoms with Gasteiger partial charge in [-0.2, -0.15) is 0 Å². The Hall–Kier alpha value is -1.91. The molecule has 2 heterocycles. The number of aryl methyl sites for hydroxylation is 3. The summed E-state index contributed by atoms with van der Waals surface area (Å²) in [4.78, 5) is 19.4. The van der Waals surface area contributed by atoms with Crippen molar-refractivity contribution in [2.75, 3.05) is 7.11 Å². The predicted octanol–water partition coefficient (Wildman–Crippen LogP) is 5.52. The van der Waals surface area contributed by atoms with Gasteiger partial charge in [0.05, 0.1) is 13.5 Å². The van der Waals surface area contributed by atoms with Crippen LogP contribution in [0.15, 0.2) is 24.3 Å². The molecule has 0 spiro atoms. The molecule has 2 aromatic heterocycles. The van der Waals surface area contributed by atoms with E-state index in [4.69, 9.17) is 21.3 Å². The van der Waals surface area contributed by atoms with Gasteiger partial charge in [0.15, 0.2) is 0 Å². The molecule has 3 aromatic rings. The summed E-state index contributed by atoms with van der Waals surface area (Å²) in [6, 6.07) is 7.85. The van der Waals surface area contributed by atoms with Gasteiger partial charge in [0.1, 0.15) is 4.83 Å². The SMILES string of the molecule is COC(=O)Cc1c(C)nc2sc3c(c2c1-c1ccccc1Cl)CCCC3. The number of esters is 1. The number of hydrogen-bond acceptors (Lipinski definition) is 4. The highest BCUT2D eigenvalue weighted by Gasteiger charge is 2.25. The molecule has 0 aliphatic heterocycles. The van der Waals surface area contributed by atoms with Crippen molar-refractivity contribution in [2.24, 2.45) is 0 Å². The molecular formula is C21H20ClNO2S. The molecular weight excluding hydrogens is 366 g/mol. The number of benzene rings is 1. The third kappa shape index (κ3) is 2.91. The van der Waals surface area contributed by atoms with Crippen LogP contribution in [0.2, 0.25) is 5.02 Å². The van der Waals surface area contributed by atoms with Crippen LogP contribution in [-0.4, -0.2) is 18.1 Å². The molecule has 3 nitrogen and oxygen atoms in total. The van der Waals surface area contributed by atoms with Gasteiger partial charge in [0.25, 0.3) is 0 Å². The quantitative estimate of drug-likeness (QED) is 0.557. The van der Waals surface area contributed by atoms with Crippen LogP contribution in [-0.2, 0) is 28.8 Å². The maximum atomic E-state index is 12.1. The minimum absolute atomic E-state index is 0.205. The number of ether oxygens (including phenoxy) is 1. The molecule has 26 heavy (non-hydrogen) atoms. The standard InChI is InChI=1S/C21H20ClNO2S/c1-12-15(11-18(24)25-2)19(13-7-3-5-9-16(13)22)20-14-8-4-6-10-17(14)26-21(20)23-12/h3,5,7,9H,4,6,8,10-11H2,1-2H3. The van der Waals surface area contributed by atoms with Gasteiger partial charge >= 0.3 is 5.97 Å². The van der Waals surface area contributed by atoms with Crippen molar-refractivity contribution in [3.63, 3.8) is 0 Å². The van der Waals surface area contributed by atoms with E-state index >= 15 is 0 Å². The summed E-state index contributed by atoms with van der Waals surface area (Å²) >= 11 is 8.36. The van der Waals surface area contributed by atoms with Gasteiger partial charge in [-0.05, 0) is 55.4 Å². The van der Waals surface area contributed by atoms with E-state index in [9.17, 15) is 4.79 Å². The van der Waals surface area contributed by atoms with Gasteiger partial charge in [-0.15, -0.1) is 11.3 Å². The summed E-state index contributed by atoms with van der Waals surface area (Å²) in [5, 5.41) is 1.88. The second kappa shape index (κ2) is 7.01. The number of methoxy groups -OCH3 is 1. The number of pyridine rings is 1. The summed E-state index contributed by atoms with van der Waals surface area (Å²) < 4.78 is 4.94. The summed E-state index contributed by atoms with van der Waals surface area (Å²) in [7, 11) is 1.42. The largest absolute Gasteiger partial charge is 0.469 e. The van der Waals surface area contributed by atoms with E-state index in [1.54, 1.807) is 11.3 Å². The Balaban J connectivity index is 2.09. The van der Waals surface area contributed by atoms with E-state index in [2.05, 4.69) is 0 Å². The lowest BCUT2D eigenvalue weighted by Crippen LogP contribution is -2.09. The zero-order valence-corrected chi connectivity index (χ0v) is 16.5. The van der Waals surface area contributed by atoms with Crippen molar-refractivity contribution in [3.05, 3.63) is 51.0 Å². The van der Waals surface area contributed by atoms with E-state index in [0.29, 0.717) is 5.02 Å². The monoisotopic (exact) mass is 385 g/mol. The summed E-state index contributed by atoms with van der Waals surface area (Å²) in [5.41, 5.74) is 5.21. The highest BCUT2D eigenvalue weighted by molar-refractivity contribution is 7.19. The number of halogens is 1. The Kier molecular flexibility index (Phi) is 4.72. The van der Waals surface area contributed by atoms with E-state index in [1.165, 1.54) is 35.8 Å². The molecule has 0 fully saturated rings. The van der Waals surface area contributed by atoms with Crippen LogP contribution < -0.4 is 0 Å². The molecule has 1 aliphatic rings. The number of carbonyl (C=O) groups excluding carboxylic acids is 1. The molecule has 0 bridgehead atoms. The lowest BCUT2D eigenvalue weighted by molar-refractivity contribution is -0.139. The van der Waals surface area contributed by atoms with Crippen LogP contribution >= 0.6 is 22.9 Å². The predicted molar refractivity (Wildman–Crippen MR) is 107 cm³/mol. The van der Waals surface area contributed by atoms with Crippen molar-refractivity contribution < 1.29 is 9.53 Å². The molecule has 0 saturated carbocycles. The first-order chi connectivity index (χ1) is 12.6. The van der Waals surface area contributed by atoms with Crippen LogP contribution in [0.3, 0.4) is 0 Å². The molecule has 0 amide bonds. The Morgan fingerprint density at radius 2 is 2.04 bits per heavy atom. The van der Waals surface area contributed by atoms with Crippen molar-refractivity contribution in [1.82, 2.24) is 4.98 Å². The molecule has 0 radical (unpaired) electrons. The van der Waals surface area contributed by atoms with E-state index in [0.717, 1.165) is 40.1 Å². The third-order valence-corrected chi connectivity index (χ3v) is 6.62. The number of nitrogens with zero attached hydrogens (tertiary/aromatic N) is 1. The van der Waals surface area contributed by atoms with Crippen molar-refractivity contribution in [1.29, 1.82) is 0 Å². The van der Waals surface area contributed by atoms with E-state index < -0.39 is 0 Å². The van der Waals surface area contributed by atoms with Crippen LogP contribution in [0.1, 0.15) is 34.5 Å². The fraction of sp³-hybridized carbons (Fsp3) is 0.333. The Labute approximate surface area is 162 Å². The van der Waals surface area contributed by atoms with Gasteiger partial charge in [-0.3, -0.25) is 4.79 Å². The molecule has 134 valence electrons. The molecule has 1 aliphatic carbocycles. The molecule has 0 saturated heterocycles. The fourth-order valence-electron chi connectivity index (χ4n) is 3.83. The second-order valence-electron chi connectivity index (χ2n) is 6.67. The van der Waals surface area contributed by atoms with Crippen LogP contribution in [0, 0.1) is 6.92 Å². The first-order valence-corrected chi connectivity index (χ1v) is 10.0. The maximum Gasteiger partial charge on any atom is 0.310 e. The first kappa shape index (κ1) is 17.5. The average Bonchev–Trinajstić information content (AvgIpc) is 3.00. The van der Waals surface area contributed by atoms with Crippen molar-refractivity contribution >= 4 is 39.1 Å². The smallest absolute Gasteiger partial charge is 0.310 e. The number of fused-ring (bicyclic) bond motifs is 3. The lowest BCUT2D eigenvalue weighted by atomic mass is 9.89. The molecule has 0 atom stereocenters. The van der Waals surface area contributed by atoms with Crippen LogP contribution in [0.25, 0.3) is 21.3 Å². The van der Waals surface area contributed by atoms with E-state index in [-0.39, 0.29) is 12.4 Å². The molecule has 4 rings (SSSR count). The Morgan fingerprint density at radius 1 is 1.27 bits per heavy atom. The van der Waals surface area contributed by atoms with E-state index in [1.807, 2.05) is 31.2 Å². The normalized spacial score (nSPS) is 13.7. The minimum Gasteiger partial charge on any atom is -0.469 e. The molecule has 1 aromatic carbocycles. The number of carbonyl (C=O) groups is 1. The lowest BCUT2D eigenvalue weighted by Gasteiger charge is -2.17. The van der Waals surface area contributed by atoms with Crippen molar-refractivity contribution in [3.8, 4) is 11.1 Å². The average molecular weight is 386 g/mol. The summed E-state index contributed by atoms with van der Waals surface area (Å²) in [6.45, 7) is 1.97. The summed E-state index contributed by atoms with van der Waals surface area (Å²) in [5.74, 6) is -0.258. The van der Waals surface area contributed by atoms with Gasteiger partial charge < -0.3 is 4.74 Å². The number of aromatic nitrogens is 1. The fourth-order valence-corrected chi connectivity index (χ4v) is 5.38. The number of hydrogen-bond donors (Lipinski definition) is 0. The minimum atomic E-state index is -0.258. The second-order valence-corrected chi connectivity index (χ2v) is 8.17. The number of thiophene rings is 1. The van der Waals surface area contributed by atoms with Gasteiger partial charge in [0, 0.05) is 26.5 Å². The van der Waals surface area contributed by atoms with Crippen LogP contribution in [0.4, 0.5) is 0 Å². The highest BCUT2D eigenvalue weighted by Crippen LogP contribution is 2.44. The topological polar surface area (TPSA) is 39.2 Å². The Bertz CT molecular complexity index is 1010. The first-order valence-electron chi connectivity index (χ1n) is 8.85. The zero-order chi connectivity index (χ0) is 18.3. The molecule has 0 N–H and O–H groups in total. The maximum absolute atomic E-state index is 12.1. The van der Waals surface area contributed by atoms with Gasteiger partial charge in [0.2, 0.25) is 0 Å². The van der Waals surface area contributed by atoms with Gasteiger partial charge in [-0.1, -0.05) is 29.8 Å². The Morgan fingerprint density at radius 3 is 2.81 bits per heavy atom. The van der Waals surface area contributed by atoms with Crippen molar-refractivity contribution in [2.45, 2.75) is 39.0 Å².